The van der Waals surface area contributed by atoms with E-state index in [4.69, 9.17) is 9.47 Å². The summed E-state index contributed by atoms with van der Waals surface area (Å²) in [4.78, 5) is 1.26. The maximum Gasteiger partial charge on any atom is 0.180 e. The van der Waals surface area contributed by atoms with Crippen LogP contribution in [0.4, 0.5) is 0 Å². The molecule has 0 saturated carbocycles. The van der Waals surface area contributed by atoms with Crippen molar-refractivity contribution >= 4 is 11.3 Å². The maximum atomic E-state index is 6.21. The average Bonchev–Trinajstić information content (AvgIpc) is 2.79. The van der Waals surface area contributed by atoms with Crippen LogP contribution in [0.1, 0.15) is 32.1 Å². The monoisotopic (exact) mass is 276 g/mol. The van der Waals surface area contributed by atoms with E-state index in [0.717, 1.165) is 17.2 Å². The van der Waals surface area contributed by atoms with Crippen molar-refractivity contribution in [3.63, 3.8) is 0 Å². The molecular formula is C16H20O2S. The fourth-order valence-corrected chi connectivity index (χ4v) is 3.88. The third-order valence-corrected chi connectivity index (χ3v) is 4.65. The van der Waals surface area contributed by atoms with Gasteiger partial charge in [-0.25, -0.2) is 0 Å². The Bertz CT molecular complexity index is 553. The minimum absolute atomic E-state index is 0.0231. The lowest BCUT2D eigenvalue weighted by Crippen LogP contribution is -2.31. The van der Waals surface area contributed by atoms with Crippen molar-refractivity contribution in [1.29, 1.82) is 0 Å². The Kier molecular flexibility index (Phi) is 2.88. The van der Waals surface area contributed by atoms with Gasteiger partial charge in [0.2, 0.25) is 0 Å². The predicted molar refractivity (Wildman–Crippen MR) is 78.6 cm³/mol. The Balaban J connectivity index is 1.86. The number of fused-ring (bicyclic) bond motifs is 1. The largest absolute Gasteiger partial charge is 0.448 e. The van der Waals surface area contributed by atoms with Gasteiger partial charge in [0, 0.05) is 10.3 Å². The van der Waals surface area contributed by atoms with Gasteiger partial charge in [0.05, 0.1) is 5.60 Å². The molecule has 1 aromatic rings. The van der Waals surface area contributed by atoms with Crippen LogP contribution in [0, 0.1) is 12.3 Å². The molecule has 1 aliphatic carbocycles. The minimum Gasteiger partial charge on any atom is -0.448 e. The Morgan fingerprint density at radius 2 is 2.11 bits per heavy atom. The lowest BCUT2D eigenvalue weighted by molar-refractivity contribution is -0.0224. The van der Waals surface area contributed by atoms with E-state index in [-0.39, 0.29) is 17.1 Å². The van der Waals surface area contributed by atoms with Crippen LogP contribution in [0.25, 0.3) is 0 Å². The first kappa shape index (κ1) is 12.9. The van der Waals surface area contributed by atoms with Crippen LogP contribution in [0.5, 0.6) is 5.06 Å². The number of hydrogen-bond acceptors (Lipinski definition) is 3. The van der Waals surface area contributed by atoms with E-state index in [1.54, 1.807) is 11.3 Å². The third kappa shape index (κ3) is 2.37. The molecule has 102 valence electrons. The Morgan fingerprint density at radius 1 is 1.32 bits per heavy atom. The zero-order valence-electron chi connectivity index (χ0n) is 11.9. The molecule has 19 heavy (non-hydrogen) atoms. The van der Waals surface area contributed by atoms with Crippen molar-refractivity contribution in [2.75, 3.05) is 0 Å². The number of ether oxygens (including phenoxy) is 2. The SMILES string of the molecule is Cc1ccc(OC2=CC=CC3(C)CC(C)(C)O[C@@H]23)s1. The first-order valence-electron chi connectivity index (χ1n) is 6.70. The Morgan fingerprint density at radius 3 is 2.79 bits per heavy atom. The molecule has 0 amide bonds. The normalized spacial score (nSPS) is 32.0. The van der Waals surface area contributed by atoms with E-state index in [1.807, 2.05) is 12.1 Å². The number of thiophene rings is 1. The number of aryl methyl sites for hydroxylation is 1. The summed E-state index contributed by atoms with van der Waals surface area (Å²) < 4.78 is 12.3. The van der Waals surface area contributed by atoms with Gasteiger partial charge in [-0.15, -0.1) is 11.3 Å². The molecule has 2 atom stereocenters. The molecule has 1 unspecified atom stereocenters. The topological polar surface area (TPSA) is 18.5 Å². The summed E-state index contributed by atoms with van der Waals surface area (Å²) in [5, 5.41) is 0.940. The summed E-state index contributed by atoms with van der Waals surface area (Å²) in [7, 11) is 0. The highest BCUT2D eigenvalue weighted by Crippen LogP contribution is 2.49. The van der Waals surface area contributed by atoms with Crippen molar-refractivity contribution in [1.82, 2.24) is 0 Å². The Hall–Kier alpha value is -1.06. The maximum absolute atomic E-state index is 6.21. The number of hydrogen-bond donors (Lipinski definition) is 0. The van der Waals surface area contributed by atoms with Gasteiger partial charge in [0.1, 0.15) is 11.9 Å². The fraction of sp³-hybridized carbons (Fsp3) is 0.500. The van der Waals surface area contributed by atoms with Crippen LogP contribution < -0.4 is 4.74 Å². The molecule has 0 spiro atoms. The molecule has 3 rings (SSSR count). The van der Waals surface area contributed by atoms with Gasteiger partial charge >= 0.3 is 0 Å². The molecule has 0 radical (unpaired) electrons. The van der Waals surface area contributed by atoms with Gasteiger partial charge in [-0.2, -0.15) is 0 Å². The zero-order chi connectivity index (χ0) is 13.7. The molecule has 3 heteroatoms. The zero-order valence-corrected chi connectivity index (χ0v) is 12.7. The summed E-state index contributed by atoms with van der Waals surface area (Å²) >= 11 is 1.67. The number of rotatable bonds is 2. The highest BCUT2D eigenvalue weighted by atomic mass is 32.1. The quantitative estimate of drug-likeness (QED) is 0.794. The van der Waals surface area contributed by atoms with Crippen LogP contribution >= 0.6 is 11.3 Å². The minimum atomic E-state index is -0.0953. The fourth-order valence-electron chi connectivity index (χ4n) is 3.16. The van der Waals surface area contributed by atoms with Crippen LogP contribution in [0.2, 0.25) is 0 Å². The van der Waals surface area contributed by atoms with Crippen LogP contribution in [0.3, 0.4) is 0 Å². The number of allylic oxidation sites excluding steroid dienone is 2. The second-order valence-corrected chi connectivity index (χ2v) is 7.59. The first-order chi connectivity index (χ1) is 8.88. The van der Waals surface area contributed by atoms with Crippen molar-refractivity contribution < 1.29 is 9.47 Å². The van der Waals surface area contributed by atoms with Gasteiger partial charge in [-0.1, -0.05) is 19.1 Å². The highest BCUT2D eigenvalue weighted by molar-refractivity contribution is 7.13. The molecule has 2 heterocycles. The Labute approximate surface area is 118 Å². The van der Waals surface area contributed by atoms with E-state index in [9.17, 15) is 0 Å². The lowest BCUT2D eigenvalue weighted by Gasteiger charge is -2.30. The predicted octanol–water partition coefficient (Wildman–Crippen LogP) is 4.46. The average molecular weight is 276 g/mol. The molecular weight excluding hydrogens is 256 g/mol. The van der Waals surface area contributed by atoms with Gasteiger partial charge in [-0.3, -0.25) is 0 Å². The second-order valence-electron chi connectivity index (χ2n) is 6.34. The summed E-state index contributed by atoms with van der Waals surface area (Å²) in [6.07, 6.45) is 7.42. The standard InChI is InChI=1S/C16H20O2S/c1-11-7-8-13(19-11)17-12-6-5-9-16(4)10-15(2,3)18-14(12)16/h5-9,14H,10H2,1-4H3/t14-,16?/m0/s1. The van der Waals surface area contributed by atoms with Crippen molar-refractivity contribution in [3.8, 4) is 5.06 Å². The summed E-state index contributed by atoms with van der Waals surface area (Å²) in [6, 6.07) is 4.11. The van der Waals surface area contributed by atoms with E-state index < -0.39 is 0 Å². The molecule has 1 saturated heterocycles. The van der Waals surface area contributed by atoms with Gasteiger partial charge in [0.25, 0.3) is 0 Å². The van der Waals surface area contributed by atoms with Crippen molar-refractivity contribution in [3.05, 3.63) is 41.0 Å². The summed E-state index contributed by atoms with van der Waals surface area (Å²) in [5.74, 6) is 0.928. The molecule has 0 aromatic carbocycles. The molecule has 1 aliphatic heterocycles. The van der Waals surface area contributed by atoms with Crippen molar-refractivity contribution in [2.45, 2.75) is 45.8 Å². The summed E-state index contributed by atoms with van der Waals surface area (Å²) in [6.45, 7) is 8.64. The van der Waals surface area contributed by atoms with Crippen LogP contribution in [-0.2, 0) is 4.74 Å². The van der Waals surface area contributed by atoms with E-state index in [1.165, 1.54) is 4.88 Å². The smallest absolute Gasteiger partial charge is 0.180 e. The molecule has 2 aliphatic rings. The van der Waals surface area contributed by atoms with Crippen molar-refractivity contribution in [2.24, 2.45) is 5.41 Å². The summed E-state index contributed by atoms with van der Waals surface area (Å²) in [5.41, 5.74) is -0.0538. The second kappa shape index (κ2) is 4.22. The van der Waals surface area contributed by atoms with Gasteiger partial charge in [-0.05, 0) is 45.4 Å². The third-order valence-electron chi connectivity index (χ3n) is 3.77. The van der Waals surface area contributed by atoms with Crippen LogP contribution in [0.15, 0.2) is 36.1 Å². The lowest BCUT2D eigenvalue weighted by atomic mass is 9.76. The molecule has 0 N–H and O–H groups in total. The van der Waals surface area contributed by atoms with Gasteiger partial charge < -0.3 is 9.47 Å². The van der Waals surface area contributed by atoms with E-state index >= 15 is 0 Å². The first-order valence-corrected chi connectivity index (χ1v) is 7.51. The molecule has 0 bridgehead atoms. The van der Waals surface area contributed by atoms with Crippen LogP contribution in [-0.4, -0.2) is 11.7 Å². The molecule has 1 aromatic heterocycles. The van der Waals surface area contributed by atoms with Gasteiger partial charge in [0.15, 0.2) is 5.06 Å². The van der Waals surface area contributed by atoms with E-state index in [2.05, 4.69) is 45.9 Å². The molecule has 2 nitrogen and oxygen atoms in total. The molecule has 1 fully saturated rings. The van der Waals surface area contributed by atoms with E-state index in [0.29, 0.717) is 0 Å². The highest BCUT2D eigenvalue weighted by Gasteiger charge is 2.50.